The predicted molar refractivity (Wildman–Crippen MR) is 157 cm³/mol. The van der Waals surface area contributed by atoms with Crippen molar-refractivity contribution in [3.05, 3.63) is 48.6 Å². The molecule has 3 fully saturated rings. The first-order valence-electron chi connectivity index (χ1n) is 14.9. The molecule has 0 radical (unpaired) electrons. The van der Waals surface area contributed by atoms with E-state index >= 15 is 4.79 Å². The van der Waals surface area contributed by atoms with Crippen LogP contribution in [0.4, 0.5) is 0 Å². The first-order valence-corrected chi connectivity index (χ1v) is 14.9. The Balaban J connectivity index is 1.92. The highest BCUT2D eigenvalue weighted by Crippen LogP contribution is 2.66. The van der Waals surface area contributed by atoms with E-state index < -0.39 is 46.6 Å². The van der Waals surface area contributed by atoms with Crippen LogP contribution in [0.15, 0.2) is 43.0 Å². The first-order chi connectivity index (χ1) is 19.1. The molecule has 0 aromatic heterocycles. The molecule has 0 aliphatic carbocycles. The zero-order valence-electron chi connectivity index (χ0n) is 26.0. The molecule has 2 bridgehead atoms. The number of ether oxygens (including phenoxy) is 2. The Kier molecular flexibility index (Phi) is 8.26. The van der Waals surface area contributed by atoms with Crippen LogP contribution in [-0.2, 0) is 23.9 Å². The van der Waals surface area contributed by atoms with E-state index in [1.807, 2.05) is 58.0 Å². The van der Waals surface area contributed by atoms with Crippen molar-refractivity contribution in [2.45, 2.75) is 97.1 Å². The van der Waals surface area contributed by atoms with Gasteiger partial charge in [0, 0.05) is 12.1 Å². The molecule has 3 aliphatic heterocycles. The normalized spacial score (nSPS) is 31.6. The van der Waals surface area contributed by atoms with Crippen molar-refractivity contribution in [2.75, 3.05) is 19.8 Å². The molecule has 3 saturated heterocycles. The summed E-state index contributed by atoms with van der Waals surface area (Å²) < 4.78 is 12.3. The minimum atomic E-state index is -1.24. The summed E-state index contributed by atoms with van der Waals surface area (Å²) in [4.78, 5) is 46.5. The van der Waals surface area contributed by atoms with Gasteiger partial charge in [0.05, 0.1) is 30.8 Å². The number of carbonyl (C=O) groups is 3. The molecule has 3 heterocycles. The van der Waals surface area contributed by atoms with Gasteiger partial charge in [-0.1, -0.05) is 64.1 Å². The number of amides is 2. The summed E-state index contributed by atoms with van der Waals surface area (Å²) in [7, 11) is 0. The summed E-state index contributed by atoms with van der Waals surface area (Å²) in [6, 6.07) is 7.41. The highest BCUT2D eigenvalue weighted by atomic mass is 16.6. The number of benzene rings is 1. The Morgan fingerprint density at radius 3 is 2.41 bits per heavy atom. The smallest absolute Gasteiger partial charge is 0.312 e. The maximum absolute atomic E-state index is 15.0. The van der Waals surface area contributed by atoms with Gasteiger partial charge in [-0.3, -0.25) is 14.4 Å². The zero-order valence-corrected chi connectivity index (χ0v) is 26.0. The summed E-state index contributed by atoms with van der Waals surface area (Å²) in [5.41, 5.74) is -2.14. The second kappa shape index (κ2) is 10.8. The fraction of sp³-hybridized carbons (Fsp3) is 0.667. The summed E-state index contributed by atoms with van der Waals surface area (Å²) in [5.74, 6) is -2.95. The molecule has 2 amide bonds. The van der Waals surface area contributed by atoms with Gasteiger partial charge < -0.3 is 24.4 Å². The van der Waals surface area contributed by atoms with E-state index in [2.05, 4.69) is 27.4 Å². The molecular weight excluding hydrogens is 520 g/mol. The van der Waals surface area contributed by atoms with Gasteiger partial charge in [0.15, 0.2) is 0 Å². The molecule has 4 rings (SSSR count). The van der Waals surface area contributed by atoms with Crippen molar-refractivity contribution in [1.82, 2.24) is 9.80 Å². The number of esters is 1. The first kappa shape index (κ1) is 31.2. The standard InChI is InChI=1S/C33H48N2O6/c1-10-17-34(31(7,8)20-30(4,5)6)28(38)26-33-18-21(3)32(9,41-33)25(29(39)40-11-2)24(33)27(37)35(26)23(19-36)22-15-13-12-14-16-22/h10,12-16,21,23-26,36H,1,11,17-20H2,2-9H3/t21?,23-,24+,25+,26?,32-,33?/m1/s1. The summed E-state index contributed by atoms with van der Waals surface area (Å²) in [6.07, 6.45) is 2.86. The van der Waals surface area contributed by atoms with Crippen LogP contribution in [0.2, 0.25) is 0 Å². The number of rotatable bonds is 10. The molecule has 8 heteroatoms. The molecule has 41 heavy (non-hydrogen) atoms. The van der Waals surface area contributed by atoms with Gasteiger partial charge >= 0.3 is 5.97 Å². The van der Waals surface area contributed by atoms with Crippen LogP contribution < -0.4 is 0 Å². The predicted octanol–water partition coefficient (Wildman–Crippen LogP) is 4.52. The van der Waals surface area contributed by atoms with E-state index in [0.29, 0.717) is 18.4 Å². The number of hydrogen-bond acceptors (Lipinski definition) is 6. The van der Waals surface area contributed by atoms with E-state index in [1.54, 1.807) is 17.9 Å². The van der Waals surface area contributed by atoms with Crippen LogP contribution in [0.3, 0.4) is 0 Å². The third kappa shape index (κ3) is 5.01. The molecule has 1 N–H and O–H groups in total. The molecule has 226 valence electrons. The van der Waals surface area contributed by atoms with E-state index in [1.165, 1.54) is 4.90 Å². The van der Waals surface area contributed by atoms with Crippen molar-refractivity contribution >= 4 is 17.8 Å². The Labute approximate surface area is 245 Å². The number of fused-ring (bicyclic) bond motifs is 1. The molecular formula is C33H48N2O6. The Morgan fingerprint density at radius 1 is 1.24 bits per heavy atom. The fourth-order valence-corrected chi connectivity index (χ4v) is 8.22. The maximum Gasteiger partial charge on any atom is 0.312 e. The van der Waals surface area contributed by atoms with Gasteiger partial charge in [-0.2, -0.15) is 0 Å². The number of hydrogen-bond donors (Lipinski definition) is 1. The molecule has 3 unspecified atom stereocenters. The molecule has 1 spiro atoms. The van der Waals surface area contributed by atoms with Crippen molar-refractivity contribution in [2.24, 2.45) is 23.2 Å². The largest absolute Gasteiger partial charge is 0.466 e. The second-order valence-corrected chi connectivity index (χ2v) is 14.1. The lowest BCUT2D eigenvalue weighted by atomic mass is 9.62. The number of nitrogens with zero attached hydrogens (tertiary/aromatic N) is 2. The molecule has 3 aliphatic rings. The highest BCUT2D eigenvalue weighted by molar-refractivity contribution is 5.99. The lowest BCUT2D eigenvalue weighted by molar-refractivity contribution is -0.164. The van der Waals surface area contributed by atoms with Crippen molar-refractivity contribution < 1.29 is 29.0 Å². The fourth-order valence-electron chi connectivity index (χ4n) is 8.22. The summed E-state index contributed by atoms with van der Waals surface area (Å²) >= 11 is 0. The number of aliphatic hydroxyl groups excluding tert-OH is 1. The van der Waals surface area contributed by atoms with Gasteiger partial charge in [0.25, 0.3) is 0 Å². The molecule has 1 aromatic carbocycles. The minimum Gasteiger partial charge on any atom is -0.466 e. The number of aliphatic hydroxyl groups is 1. The molecule has 1 aromatic rings. The third-order valence-corrected chi connectivity index (χ3v) is 9.49. The van der Waals surface area contributed by atoms with E-state index in [0.717, 1.165) is 0 Å². The number of carbonyl (C=O) groups excluding carboxylic acids is 3. The monoisotopic (exact) mass is 568 g/mol. The minimum absolute atomic E-state index is 0.0772. The second-order valence-electron chi connectivity index (χ2n) is 14.1. The molecule has 8 nitrogen and oxygen atoms in total. The van der Waals surface area contributed by atoms with E-state index in [9.17, 15) is 14.7 Å². The van der Waals surface area contributed by atoms with Crippen LogP contribution in [0.25, 0.3) is 0 Å². The summed E-state index contributed by atoms with van der Waals surface area (Å²) in [6.45, 7) is 20.1. The quantitative estimate of drug-likeness (QED) is 0.329. The number of likely N-dealkylation sites (tertiary alicyclic amines) is 1. The van der Waals surface area contributed by atoms with E-state index in [4.69, 9.17) is 9.47 Å². The average molecular weight is 569 g/mol. The Bertz CT molecular complexity index is 1180. The van der Waals surface area contributed by atoms with Gasteiger partial charge in [0.1, 0.15) is 17.6 Å². The van der Waals surface area contributed by atoms with Crippen LogP contribution in [0.5, 0.6) is 0 Å². The maximum atomic E-state index is 15.0. The van der Waals surface area contributed by atoms with Gasteiger partial charge in [-0.25, -0.2) is 0 Å². The SMILES string of the molecule is C=CCN(C(=O)C1N([C@H](CO)c2ccccc2)C(=O)[C@@H]2[C@@H](C(=O)OCC)[C@]3(C)OC12CC3C)C(C)(C)CC(C)(C)C. The highest BCUT2D eigenvalue weighted by Gasteiger charge is 2.81. The third-order valence-electron chi connectivity index (χ3n) is 9.49. The topological polar surface area (TPSA) is 96.4 Å². The van der Waals surface area contributed by atoms with Crippen molar-refractivity contribution in [3.8, 4) is 0 Å². The molecule has 0 saturated carbocycles. The van der Waals surface area contributed by atoms with Gasteiger partial charge in [-0.15, -0.1) is 6.58 Å². The Hall–Kier alpha value is -2.71. The van der Waals surface area contributed by atoms with Gasteiger partial charge in [0.2, 0.25) is 11.8 Å². The van der Waals surface area contributed by atoms with Crippen LogP contribution in [-0.4, -0.2) is 75.2 Å². The lowest BCUT2D eigenvalue weighted by Gasteiger charge is -2.46. The van der Waals surface area contributed by atoms with Crippen molar-refractivity contribution in [1.29, 1.82) is 0 Å². The average Bonchev–Trinajstić information content (AvgIpc) is 3.39. The Morgan fingerprint density at radius 2 is 1.88 bits per heavy atom. The van der Waals surface area contributed by atoms with Gasteiger partial charge in [-0.05, 0) is 57.4 Å². The molecule has 7 atom stereocenters. The zero-order chi connectivity index (χ0) is 30.5. The lowest BCUT2D eigenvalue weighted by Crippen LogP contribution is -2.61. The van der Waals surface area contributed by atoms with Crippen LogP contribution in [0.1, 0.15) is 79.8 Å². The summed E-state index contributed by atoms with van der Waals surface area (Å²) in [5, 5.41) is 10.7. The van der Waals surface area contributed by atoms with Crippen LogP contribution >= 0.6 is 0 Å². The van der Waals surface area contributed by atoms with Crippen molar-refractivity contribution in [3.63, 3.8) is 0 Å². The van der Waals surface area contributed by atoms with E-state index in [-0.39, 0.29) is 42.9 Å². The van der Waals surface area contributed by atoms with Crippen LogP contribution in [0, 0.1) is 23.2 Å².